The van der Waals surface area contributed by atoms with E-state index in [9.17, 15) is 18.0 Å². The molecule has 2 N–H and O–H groups in total. The Hall–Kier alpha value is -2.88. The molecule has 0 unspecified atom stereocenters. The second-order valence-corrected chi connectivity index (χ2v) is 5.64. The Kier molecular flexibility index (Phi) is 4.94. The van der Waals surface area contributed by atoms with Crippen LogP contribution in [0.15, 0.2) is 36.4 Å². The maximum absolute atomic E-state index is 12.8. The van der Waals surface area contributed by atoms with Gasteiger partial charge in [0.25, 0.3) is 11.7 Å². The summed E-state index contributed by atoms with van der Waals surface area (Å²) in [5.41, 5.74) is 0.437. The molecular weight excluding hydrogens is 373 g/mol. The van der Waals surface area contributed by atoms with Crippen molar-refractivity contribution in [1.82, 2.24) is 25.1 Å². The summed E-state index contributed by atoms with van der Waals surface area (Å²) in [6.07, 6.45) is -4.66. The minimum Gasteiger partial charge on any atom is -0.367 e. The number of nitrogens with zero attached hydrogens (tertiary/aromatic N) is 4. The third kappa shape index (κ3) is 4.02. The minimum atomic E-state index is -4.66. The molecule has 2 heterocycles. The van der Waals surface area contributed by atoms with E-state index in [4.69, 9.17) is 11.6 Å². The molecule has 26 heavy (non-hydrogen) atoms. The van der Waals surface area contributed by atoms with Crippen LogP contribution in [-0.4, -0.2) is 38.8 Å². The van der Waals surface area contributed by atoms with Gasteiger partial charge in [0, 0.05) is 23.7 Å². The summed E-state index contributed by atoms with van der Waals surface area (Å²) >= 11 is 5.75. The van der Waals surface area contributed by atoms with Crippen LogP contribution in [0.2, 0.25) is 5.02 Å². The zero-order valence-corrected chi connectivity index (χ0v) is 13.8. The molecular formula is C15H12ClF3N6O. The van der Waals surface area contributed by atoms with E-state index in [1.165, 1.54) is 12.1 Å². The smallest absolute Gasteiger partial charge is 0.367 e. The number of alkyl halides is 3. The molecule has 136 valence electrons. The van der Waals surface area contributed by atoms with E-state index in [-0.39, 0.29) is 30.5 Å². The third-order valence-electron chi connectivity index (χ3n) is 3.34. The lowest BCUT2D eigenvalue weighted by Gasteiger charge is -2.08. The highest BCUT2D eigenvalue weighted by atomic mass is 35.5. The number of amides is 1. The first kappa shape index (κ1) is 17.9. The Bertz CT molecular complexity index is 925. The van der Waals surface area contributed by atoms with Crippen molar-refractivity contribution in [2.75, 3.05) is 18.4 Å². The molecule has 3 rings (SSSR count). The summed E-state index contributed by atoms with van der Waals surface area (Å²) in [6.45, 7) is 0.511. The fourth-order valence-corrected chi connectivity index (χ4v) is 2.26. The van der Waals surface area contributed by atoms with Gasteiger partial charge in [-0.25, -0.2) is 0 Å². The zero-order valence-electron chi connectivity index (χ0n) is 13.1. The number of fused-ring (bicyclic) bond motifs is 1. The van der Waals surface area contributed by atoms with Gasteiger partial charge in [0.05, 0.1) is 0 Å². The van der Waals surface area contributed by atoms with Crippen LogP contribution in [-0.2, 0) is 6.18 Å². The number of carbonyl (C=O) groups is 1. The number of hydrogen-bond acceptors (Lipinski definition) is 5. The number of benzene rings is 1. The lowest BCUT2D eigenvalue weighted by molar-refractivity contribution is -0.146. The van der Waals surface area contributed by atoms with Crippen LogP contribution in [0, 0.1) is 0 Å². The zero-order chi connectivity index (χ0) is 18.7. The quantitative estimate of drug-likeness (QED) is 0.661. The average molecular weight is 385 g/mol. The summed E-state index contributed by atoms with van der Waals surface area (Å²) in [5.74, 6) is -1.29. The summed E-state index contributed by atoms with van der Waals surface area (Å²) in [4.78, 5) is 11.9. The van der Waals surface area contributed by atoms with Crippen LogP contribution in [0.4, 0.5) is 19.0 Å². The summed E-state index contributed by atoms with van der Waals surface area (Å²) in [6, 6.07) is 9.22. The predicted octanol–water partition coefficient (Wildman–Crippen LogP) is 2.64. The van der Waals surface area contributed by atoms with Crippen molar-refractivity contribution in [3.63, 3.8) is 0 Å². The van der Waals surface area contributed by atoms with Gasteiger partial charge in [-0.1, -0.05) is 11.6 Å². The van der Waals surface area contributed by atoms with Crippen LogP contribution in [0.5, 0.6) is 0 Å². The largest absolute Gasteiger partial charge is 0.453 e. The molecule has 0 spiro atoms. The van der Waals surface area contributed by atoms with E-state index in [0.29, 0.717) is 15.1 Å². The first-order valence-electron chi connectivity index (χ1n) is 7.42. The molecule has 0 radical (unpaired) electrons. The molecule has 11 heteroatoms. The van der Waals surface area contributed by atoms with E-state index in [1.807, 2.05) is 0 Å². The van der Waals surface area contributed by atoms with Gasteiger partial charge in [-0.2, -0.15) is 17.7 Å². The third-order valence-corrected chi connectivity index (χ3v) is 3.59. The van der Waals surface area contributed by atoms with Crippen molar-refractivity contribution in [2.45, 2.75) is 6.18 Å². The first-order valence-corrected chi connectivity index (χ1v) is 7.80. The van der Waals surface area contributed by atoms with Crippen LogP contribution < -0.4 is 10.6 Å². The van der Waals surface area contributed by atoms with Crippen molar-refractivity contribution < 1.29 is 18.0 Å². The van der Waals surface area contributed by atoms with Gasteiger partial charge >= 0.3 is 6.18 Å². The van der Waals surface area contributed by atoms with E-state index < -0.39 is 12.0 Å². The number of halogens is 4. The van der Waals surface area contributed by atoms with E-state index in [0.717, 1.165) is 0 Å². The molecule has 0 bridgehead atoms. The van der Waals surface area contributed by atoms with E-state index in [1.54, 1.807) is 24.3 Å². The second kappa shape index (κ2) is 7.16. The van der Waals surface area contributed by atoms with Gasteiger partial charge in [-0.3, -0.25) is 4.79 Å². The summed E-state index contributed by atoms with van der Waals surface area (Å²) in [7, 11) is 0. The first-order chi connectivity index (χ1) is 12.3. The van der Waals surface area contributed by atoms with E-state index >= 15 is 0 Å². The van der Waals surface area contributed by atoms with Gasteiger partial charge in [-0.15, -0.1) is 15.3 Å². The fraction of sp³-hybridized carbons (Fsp3) is 0.200. The van der Waals surface area contributed by atoms with E-state index in [2.05, 4.69) is 25.9 Å². The lowest BCUT2D eigenvalue weighted by atomic mass is 10.2. The van der Waals surface area contributed by atoms with Gasteiger partial charge < -0.3 is 10.6 Å². The highest BCUT2D eigenvalue weighted by Crippen LogP contribution is 2.27. The van der Waals surface area contributed by atoms with Gasteiger partial charge in [0.15, 0.2) is 5.65 Å². The number of anilines is 1. The van der Waals surface area contributed by atoms with Gasteiger partial charge in [0.1, 0.15) is 5.82 Å². The topological polar surface area (TPSA) is 84.2 Å². The Morgan fingerprint density at radius 2 is 1.81 bits per heavy atom. The molecule has 0 saturated carbocycles. The Morgan fingerprint density at radius 3 is 2.50 bits per heavy atom. The Balaban J connectivity index is 1.58. The average Bonchev–Trinajstić information content (AvgIpc) is 3.02. The predicted molar refractivity (Wildman–Crippen MR) is 88.1 cm³/mol. The van der Waals surface area contributed by atoms with Crippen LogP contribution in [0.25, 0.3) is 5.65 Å². The van der Waals surface area contributed by atoms with Gasteiger partial charge in [-0.05, 0) is 36.4 Å². The summed E-state index contributed by atoms with van der Waals surface area (Å²) < 4.78 is 39.1. The molecule has 2 aromatic heterocycles. The molecule has 0 saturated heterocycles. The maximum atomic E-state index is 12.8. The normalized spacial score (nSPS) is 11.5. The molecule has 0 fully saturated rings. The van der Waals surface area contributed by atoms with Crippen LogP contribution in [0.3, 0.4) is 0 Å². The second-order valence-electron chi connectivity index (χ2n) is 5.20. The van der Waals surface area contributed by atoms with Crippen molar-refractivity contribution in [3.8, 4) is 0 Å². The minimum absolute atomic E-state index is 0.0149. The van der Waals surface area contributed by atoms with Crippen LogP contribution in [0.1, 0.15) is 16.2 Å². The SMILES string of the molecule is O=C(NCCNc1ccc2nnc(C(F)(F)F)n2n1)c1ccc(Cl)cc1. The van der Waals surface area contributed by atoms with Crippen molar-refractivity contribution in [3.05, 3.63) is 52.8 Å². The highest BCUT2D eigenvalue weighted by Gasteiger charge is 2.37. The molecule has 1 amide bonds. The van der Waals surface area contributed by atoms with Gasteiger partial charge in [0.2, 0.25) is 0 Å². The number of aromatic nitrogens is 4. The van der Waals surface area contributed by atoms with Crippen molar-refractivity contribution in [1.29, 1.82) is 0 Å². The maximum Gasteiger partial charge on any atom is 0.453 e. The summed E-state index contributed by atoms with van der Waals surface area (Å²) in [5, 5.41) is 16.4. The number of hydrogen-bond donors (Lipinski definition) is 2. The standard InChI is InChI=1S/C15H12ClF3N6O/c16-10-3-1-9(2-4-10)13(26)21-8-7-20-11-5-6-12-22-23-14(15(17,18)19)25(12)24-11/h1-6H,7-8H2,(H,20,24)(H,21,26). The Morgan fingerprint density at radius 1 is 1.08 bits per heavy atom. The molecule has 1 aromatic carbocycles. The Labute approximate surface area is 150 Å². The molecule has 0 aliphatic rings. The molecule has 0 atom stereocenters. The number of carbonyl (C=O) groups excluding carboxylic acids is 1. The monoisotopic (exact) mass is 384 g/mol. The highest BCUT2D eigenvalue weighted by molar-refractivity contribution is 6.30. The molecule has 3 aromatic rings. The molecule has 0 aliphatic carbocycles. The fourth-order valence-electron chi connectivity index (χ4n) is 2.13. The number of rotatable bonds is 5. The lowest BCUT2D eigenvalue weighted by Crippen LogP contribution is -2.29. The molecule has 0 aliphatic heterocycles. The molecule has 7 nitrogen and oxygen atoms in total. The van der Waals surface area contributed by atoms with Crippen LogP contribution >= 0.6 is 11.6 Å². The van der Waals surface area contributed by atoms with Crippen molar-refractivity contribution in [2.24, 2.45) is 0 Å². The van der Waals surface area contributed by atoms with Crippen molar-refractivity contribution >= 4 is 29.0 Å². The number of nitrogens with one attached hydrogen (secondary N) is 2.